The van der Waals surface area contributed by atoms with Crippen LogP contribution in [0.3, 0.4) is 0 Å². The summed E-state index contributed by atoms with van der Waals surface area (Å²) in [6, 6.07) is 9.62. The molecule has 1 heterocycles. The molecule has 0 unspecified atom stereocenters. The standard InChI is InChI=1S/C10H12O2/c1-10(11,9-7-12-9)8-5-3-2-4-6-8/h2-6,9,11H,7H2,1H3/t9-,10+/m1/s1. The van der Waals surface area contributed by atoms with E-state index >= 15 is 0 Å². The van der Waals surface area contributed by atoms with E-state index in [4.69, 9.17) is 4.74 Å². The van der Waals surface area contributed by atoms with Gasteiger partial charge in [0.15, 0.2) is 0 Å². The van der Waals surface area contributed by atoms with Gasteiger partial charge in [-0.1, -0.05) is 30.3 Å². The number of rotatable bonds is 2. The van der Waals surface area contributed by atoms with Crippen LogP contribution in [0, 0.1) is 0 Å². The summed E-state index contributed by atoms with van der Waals surface area (Å²) in [5, 5.41) is 10.0. The average molecular weight is 164 g/mol. The van der Waals surface area contributed by atoms with Crippen LogP contribution >= 0.6 is 0 Å². The molecule has 1 aromatic carbocycles. The number of hydrogen-bond acceptors (Lipinski definition) is 2. The molecule has 1 fully saturated rings. The molecular weight excluding hydrogens is 152 g/mol. The maximum atomic E-state index is 10.0. The van der Waals surface area contributed by atoms with E-state index in [1.54, 1.807) is 6.92 Å². The summed E-state index contributed by atoms with van der Waals surface area (Å²) < 4.78 is 5.08. The Morgan fingerprint density at radius 2 is 2.00 bits per heavy atom. The van der Waals surface area contributed by atoms with Gasteiger partial charge < -0.3 is 9.84 Å². The fraction of sp³-hybridized carbons (Fsp3) is 0.400. The molecular formula is C10H12O2. The van der Waals surface area contributed by atoms with Crippen molar-refractivity contribution in [3.63, 3.8) is 0 Å². The summed E-state index contributed by atoms with van der Waals surface area (Å²) in [6.07, 6.45) is -0.0140. The van der Waals surface area contributed by atoms with Crippen LogP contribution in [0.15, 0.2) is 30.3 Å². The van der Waals surface area contributed by atoms with Crippen LogP contribution in [0.5, 0.6) is 0 Å². The monoisotopic (exact) mass is 164 g/mol. The Balaban J connectivity index is 2.28. The predicted octanol–water partition coefficient (Wildman–Crippen LogP) is 1.29. The largest absolute Gasteiger partial charge is 0.383 e. The third-order valence-electron chi connectivity index (χ3n) is 2.32. The van der Waals surface area contributed by atoms with Crippen LogP contribution in [-0.2, 0) is 10.3 Å². The molecule has 0 bridgehead atoms. The molecule has 1 saturated heterocycles. The third-order valence-corrected chi connectivity index (χ3v) is 2.32. The first-order chi connectivity index (χ1) is 5.71. The second kappa shape index (κ2) is 2.57. The lowest BCUT2D eigenvalue weighted by molar-refractivity contribution is 0.0260. The van der Waals surface area contributed by atoms with Crippen molar-refractivity contribution in [2.24, 2.45) is 0 Å². The molecule has 1 aliphatic rings. The lowest BCUT2D eigenvalue weighted by Gasteiger charge is -2.20. The highest BCUT2D eigenvalue weighted by molar-refractivity contribution is 5.24. The summed E-state index contributed by atoms with van der Waals surface area (Å²) >= 11 is 0. The SMILES string of the molecule is C[C@](O)(c1ccccc1)[C@H]1CO1. The first-order valence-electron chi connectivity index (χ1n) is 4.11. The average Bonchev–Trinajstić information content (AvgIpc) is 2.88. The molecule has 0 spiro atoms. The number of hydrogen-bond donors (Lipinski definition) is 1. The molecule has 0 saturated carbocycles. The lowest BCUT2D eigenvalue weighted by atomic mass is 9.93. The summed E-state index contributed by atoms with van der Waals surface area (Å²) in [4.78, 5) is 0. The first-order valence-corrected chi connectivity index (χ1v) is 4.11. The van der Waals surface area contributed by atoms with Gasteiger partial charge >= 0.3 is 0 Å². The van der Waals surface area contributed by atoms with Gasteiger partial charge in [-0.3, -0.25) is 0 Å². The molecule has 2 nitrogen and oxygen atoms in total. The highest BCUT2D eigenvalue weighted by atomic mass is 16.6. The number of aliphatic hydroxyl groups is 1. The van der Waals surface area contributed by atoms with Gasteiger partial charge in [0.1, 0.15) is 11.7 Å². The lowest BCUT2D eigenvalue weighted by Crippen LogP contribution is -2.27. The van der Waals surface area contributed by atoms with E-state index in [1.165, 1.54) is 0 Å². The van der Waals surface area contributed by atoms with Crippen LogP contribution < -0.4 is 0 Å². The van der Waals surface area contributed by atoms with Crippen molar-refractivity contribution in [1.29, 1.82) is 0 Å². The minimum Gasteiger partial charge on any atom is -0.383 e. The van der Waals surface area contributed by atoms with Crippen molar-refractivity contribution in [3.8, 4) is 0 Å². The van der Waals surface area contributed by atoms with E-state index < -0.39 is 5.60 Å². The number of epoxide rings is 1. The Labute approximate surface area is 71.8 Å². The maximum Gasteiger partial charge on any atom is 0.115 e. The van der Waals surface area contributed by atoms with Gasteiger partial charge in [-0.2, -0.15) is 0 Å². The van der Waals surface area contributed by atoms with Gasteiger partial charge in [0, 0.05) is 0 Å². The van der Waals surface area contributed by atoms with Crippen LogP contribution in [0.1, 0.15) is 12.5 Å². The van der Waals surface area contributed by atoms with Gasteiger partial charge in [-0.15, -0.1) is 0 Å². The van der Waals surface area contributed by atoms with Gasteiger partial charge in [0.05, 0.1) is 6.61 Å². The molecule has 0 amide bonds. The highest BCUT2D eigenvalue weighted by Gasteiger charge is 2.42. The molecule has 0 radical (unpaired) electrons. The zero-order valence-corrected chi connectivity index (χ0v) is 7.03. The highest BCUT2D eigenvalue weighted by Crippen LogP contribution is 2.33. The van der Waals surface area contributed by atoms with Crippen molar-refractivity contribution in [3.05, 3.63) is 35.9 Å². The first kappa shape index (κ1) is 7.77. The number of benzene rings is 1. The van der Waals surface area contributed by atoms with E-state index in [2.05, 4.69) is 0 Å². The second-order valence-electron chi connectivity index (χ2n) is 3.34. The Morgan fingerprint density at radius 1 is 1.42 bits per heavy atom. The number of ether oxygens (including phenoxy) is 1. The summed E-state index contributed by atoms with van der Waals surface area (Å²) in [5.41, 5.74) is 0.105. The van der Waals surface area contributed by atoms with Gasteiger partial charge in [0.25, 0.3) is 0 Å². The molecule has 12 heavy (non-hydrogen) atoms. The molecule has 1 aliphatic heterocycles. The fourth-order valence-corrected chi connectivity index (χ4v) is 1.33. The summed E-state index contributed by atoms with van der Waals surface area (Å²) in [6.45, 7) is 2.46. The van der Waals surface area contributed by atoms with E-state index in [0.717, 1.165) is 5.56 Å². The molecule has 0 aromatic heterocycles. The molecule has 2 atom stereocenters. The second-order valence-corrected chi connectivity index (χ2v) is 3.34. The molecule has 64 valence electrons. The summed E-state index contributed by atoms with van der Waals surface area (Å²) in [5.74, 6) is 0. The van der Waals surface area contributed by atoms with Crippen molar-refractivity contribution in [2.75, 3.05) is 6.61 Å². The zero-order chi connectivity index (χ0) is 8.60. The molecule has 0 aliphatic carbocycles. The van der Waals surface area contributed by atoms with Crippen LogP contribution in [0.4, 0.5) is 0 Å². The van der Waals surface area contributed by atoms with Crippen LogP contribution in [-0.4, -0.2) is 17.8 Å². The van der Waals surface area contributed by atoms with Crippen molar-refractivity contribution < 1.29 is 9.84 Å². The van der Waals surface area contributed by atoms with E-state index in [0.29, 0.717) is 6.61 Å². The van der Waals surface area contributed by atoms with Crippen LogP contribution in [0.2, 0.25) is 0 Å². The van der Waals surface area contributed by atoms with Gasteiger partial charge in [-0.25, -0.2) is 0 Å². The van der Waals surface area contributed by atoms with Crippen LogP contribution in [0.25, 0.3) is 0 Å². The van der Waals surface area contributed by atoms with Crippen molar-refractivity contribution in [1.82, 2.24) is 0 Å². The molecule has 1 aromatic rings. The van der Waals surface area contributed by atoms with Gasteiger partial charge in [-0.05, 0) is 12.5 Å². The maximum absolute atomic E-state index is 10.0. The predicted molar refractivity (Wildman–Crippen MR) is 45.8 cm³/mol. The minimum atomic E-state index is -0.818. The van der Waals surface area contributed by atoms with E-state index in [-0.39, 0.29) is 6.10 Å². The van der Waals surface area contributed by atoms with E-state index in [1.807, 2.05) is 30.3 Å². The molecule has 2 heteroatoms. The molecule has 1 N–H and O–H groups in total. The smallest absolute Gasteiger partial charge is 0.115 e. The summed E-state index contributed by atoms with van der Waals surface area (Å²) in [7, 11) is 0. The van der Waals surface area contributed by atoms with E-state index in [9.17, 15) is 5.11 Å². The van der Waals surface area contributed by atoms with Gasteiger partial charge in [0.2, 0.25) is 0 Å². The van der Waals surface area contributed by atoms with Crippen molar-refractivity contribution >= 4 is 0 Å². The Hall–Kier alpha value is -0.860. The quantitative estimate of drug-likeness (QED) is 0.668. The Morgan fingerprint density at radius 3 is 2.50 bits per heavy atom. The normalized spacial score (nSPS) is 26.3. The minimum absolute atomic E-state index is 0.0140. The topological polar surface area (TPSA) is 32.8 Å². The van der Waals surface area contributed by atoms with Crippen molar-refractivity contribution in [2.45, 2.75) is 18.6 Å². The molecule has 2 rings (SSSR count). The fourth-order valence-electron chi connectivity index (χ4n) is 1.33. The third kappa shape index (κ3) is 1.24. The Bertz CT molecular complexity index is 262. The zero-order valence-electron chi connectivity index (χ0n) is 7.03. The Kier molecular flexibility index (Phi) is 1.67.